The van der Waals surface area contributed by atoms with Gasteiger partial charge in [0.25, 0.3) is 3.79 Å². The van der Waals surface area contributed by atoms with Gasteiger partial charge in [0.1, 0.15) is 5.75 Å². The van der Waals surface area contributed by atoms with Crippen molar-refractivity contribution in [3.8, 4) is 17.2 Å². The Morgan fingerprint density at radius 1 is 1.00 bits per heavy atom. The molecule has 0 bridgehead atoms. The van der Waals surface area contributed by atoms with Crippen molar-refractivity contribution >= 4 is 46.3 Å². The normalized spacial score (nSPS) is 16.0. The maximum absolute atomic E-state index is 13.7. The number of halogens is 6. The molecule has 0 radical (unpaired) electrons. The first-order valence-corrected chi connectivity index (χ1v) is 8.80. The molecule has 1 N–H and O–H groups in total. The van der Waals surface area contributed by atoms with E-state index in [4.69, 9.17) is 49.0 Å². The highest BCUT2D eigenvalue weighted by Crippen LogP contribution is 2.50. The minimum atomic E-state index is -4.95. The van der Waals surface area contributed by atoms with Crippen molar-refractivity contribution < 1.29 is 27.4 Å². The third-order valence-electron chi connectivity index (χ3n) is 3.59. The minimum absolute atomic E-state index is 0.00365. The van der Waals surface area contributed by atoms with Crippen LogP contribution in [-0.2, 0) is 0 Å². The van der Waals surface area contributed by atoms with Crippen LogP contribution < -0.4 is 19.5 Å². The van der Waals surface area contributed by atoms with Crippen LogP contribution in [0.2, 0.25) is 0 Å². The van der Waals surface area contributed by atoms with E-state index in [1.165, 1.54) is 37.4 Å². The summed E-state index contributed by atoms with van der Waals surface area (Å²) in [7, 11) is 1.31. The molecule has 2 aromatic rings. The van der Waals surface area contributed by atoms with Crippen LogP contribution in [0.4, 0.5) is 18.9 Å². The lowest BCUT2D eigenvalue weighted by Crippen LogP contribution is -2.51. The third kappa shape index (κ3) is 4.04. The van der Waals surface area contributed by atoms with Gasteiger partial charge in [-0.05, 0) is 24.3 Å². The van der Waals surface area contributed by atoms with Gasteiger partial charge >= 0.3 is 12.1 Å². The smallest absolute Gasteiger partial charge is 0.449 e. The summed E-state index contributed by atoms with van der Waals surface area (Å²) in [4.78, 5) is 3.52. The topological polar surface area (TPSA) is 52.1 Å². The van der Waals surface area contributed by atoms with Crippen LogP contribution in [0.25, 0.3) is 0 Å². The molecule has 0 unspecified atom stereocenters. The maximum Gasteiger partial charge on any atom is 0.449 e. The standard InChI is InChI=1S/C17H12Cl3F3N2O3/c1-26-11-7-3-2-6-10(11)24-14(15(21,22)23)25-17(16(18,19)20)27-12-8-4-5-9-13(12)28-17/h2-9H,1H3,(H,24,25). The number of fused-ring (bicyclic) bond motifs is 1. The Bertz CT molecular complexity index is 876. The SMILES string of the molecule is COc1ccccc1N/C(=N\C1(C(Cl)(Cl)Cl)Oc2ccccc2O1)C(F)(F)F. The van der Waals surface area contributed by atoms with Gasteiger partial charge in [-0.1, -0.05) is 59.1 Å². The summed E-state index contributed by atoms with van der Waals surface area (Å²) in [6, 6.07) is 12.0. The molecule has 150 valence electrons. The van der Waals surface area contributed by atoms with E-state index in [0.29, 0.717) is 0 Å². The molecule has 0 atom stereocenters. The Kier molecular flexibility index (Phi) is 5.49. The van der Waals surface area contributed by atoms with Crippen LogP contribution >= 0.6 is 34.8 Å². The summed E-state index contributed by atoms with van der Waals surface area (Å²) in [5.41, 5.74) is -0.00365. The summed E-state index contributed by atoms with van der Waals surface area (Å²) < 4.78 is 54.5. The molecule has 5 nitrogen and oxygen atoms in total. The zero-order valence-electron chi connectivity index (χ0n) is 14.1. The highest BCUT2D eigenvalue weighted by Gasteiger charge is 2.60. The Morgan fingerprint density at radius 2 is 1.54 bits per heavy atom. The number of hydrogen-bond donors (Lipinski definition) is 1. The Hall–Kier alpha value is -2.03. The monoisotopic (exact) mass is 454 g/mol. The molecule has 1 heterocycles. The second kappa shape index (κ2) is 7.42. The van der Waals surface area contributed by atoms with Crippen molar-refractivity contribution in [2.24, 2.45) is 4.99 Å². The molecule has 11 heteroatoms. The molecule has 28 heavy (non-hydrogen) atoms. The van der Waals surface area contributed by atoms with E-state index in [-0.39, 0.29) is 22.9 Å². The van der Waals surface area contributed by atoms with Gasteiger partial charge in [0.2, 0.25) is 5.84 Å². The fraction of sp³-hybridized carbons (Fsp3) is 0.235. The molecule has 0 fully saturated rings. The molecule has 0 saturated heterocycles. The summed E-state index contributed by atoms with van der Waals surface area (Å²) in [5.74, 6) is -3.79. The van der Waals surface area contributed by atoms with E-state index in [1.54, 1.807) is 18.2 Å². The lowest BCUT2D eigenvalue weighted by Gasteiger charge is -2.30. The number of benzene rings is 2. The predicted molar refractivity (Wildman–Crippen MR) is 101 cm³/mol. The first-order valence-electron chi connectivity index (χ1n) is 7.66. The summed E-state index contributed by atoms with van der Waals surface area (Å²) in [6.07, 6.45) is -4.95. The van der Waals surface area contributed by atoms with Crippen molar-refractivity contribution in [2.45, 2.75) is 15.9 Å². The number of anilines is 1. The number of ether oxygens (including phenoxy) is 3. The van der Waals surface area contributed by atoms with Gasteiger partial charge < -0.3 is 19.5 Å². The Labute approximate surface area is 172 Å². The zero-order valence-corrected chi connectivity index (χ0v) is 16.3. The van der Waals surface area contributed by atoms with E-state index >= 15 is 0 Å². The molecule has 0 aromatic heterocycles. The highest BCUT2D eigenvalue weighted by molar-refractivity contribution is 6.68. The van der Waals surface area contributed by atoms with Crippen LogP contribution in [-0.4, -0.2) is 28.8 Å². The van der Waals surface area contributed by atoms with Crippen molar-refractivity contribution in [3.63, 3.8) is 0 Å². The number of rotatable bonds is 3. The van der Waals surface area contributed by atoms with E-state index in [9.17, 15) is 13.2 Å². The first kappa shape index (κ1) is 20.7. The fourth-order valence-electron chi connectivity index (χ4n) is 2.35. The number of amidine groups is 1. The predicted octanol–water partition coefficient (Wildman–Crippen LogP) is 5.56. The van der Waals surface area contributed by atoms with Crippen molar-refractivity contribution in [2.75, 3.05) is 12.4 Å². The van der Waals surface area contributed by atoms with Gasteiger partial charge in [-0.3, -0.25) is 0 Å². The number of aliphatic imine (C=N–C) groups is 1. The molecule has 3 rings (SSSR count). The average Bonchev–Trinajstić information content (AvgIpc) is 3.00. The van der Waals surface area contributed by atoms with Gasteiger partial charge in [0.05, 0.1) is 12.8 Å². The molecule has 0 spiro atoms. The molecule has 0 amide bonds. The lowest BCUT2D eigenvalue weighted by atomic mass is 10.3. The molecule has 1 aliphatic heterocycles. The van der Waals surface area contributed by atoms with Gasteiger partial charge in [0, 0.05) is 0 Å². The van der Waals surface area contributed by atoms with E-state index in [2.05, 4.69) is 10.3 Å². The lowest BCUT2D eigenvalue weighted by molar-refractivity contribution is -0.0821. The van der Waals surface area contributed by atoms with Gasteiger partial charge in [0.15, 0.2) is 11.5 Å². The third-order valence-corrected chi connectivity index (χ3v) is 4.31. The molecule has 2 aromatic carbocycles. The molecule has 0 saturated carbocycles. The van der Waals surface area contributed by atoms with Crippen molar-refractivity contribution in [1.29, 1.82) is 0 Å². The molecule has 0 aliphatic carbocycles. The Morgan fingerprint density at radius 3 is 2.04 bits per heavy atom. The number of para-hydroxylation sites is 4. The maximum atomic E-state index is 13.7. The number of hydrogen-bond acceptors (Lipinski definition) is 4. The highest BCUT2D eigenvalue weighted by atomic mass is 35.6. The largest absolute Gasteiger partial charge is 0.495 e. The van der Waals surface area contributed by atoms with Crippen LogP contribution in [0.5, 0.6) is 17.2 Å². The number of methoxy groups -OCH3 is 1. The van der Waals surface area contributed by atoms with Crippen molar-refractivity contribution in [3.05, 3.63) is 48.5 Å². The number of nitrogens with one attached hydrogen (secondary N) is 1. The van der Waals surface area contributed by atoms with Crippen LogP contribution in [0.3, 0.4) is 0 Å². The first-order chi connectivity index (χ1) is 13.1. The van der Waals surface area contributed by atoms with Gasteiger partial charge in [-0.25, -0.2) is 0 Å². The fourth-order valence-corrected chi connectivity index (χ4v) is 2.71. The van der Waals surface area contributed by atoms with Gasteiger partial charge in [-0.15, -0.1) is 0 Å². The van der Waals surface area contributed by atoms with Crippen LogP contribution in [0.15, 0.2) is 53.5 Å². The minimum Gasteiger partial charge on any atom is -0.495 e. The van der Waals surface area contributed by atoms with E-state index in [1.807, 2.05) is 0 Å². The second-order valence-electron chi connectivity index (χ2n) is 5.51. The summed E-state index contributed by atoms with van der Waals surface area (Å²) >= 11 is 17.7. The number of alkyl halides is 6. The second-order valence-corrected chi connectivity index (χ2v) is 7.80. The molecular formula is C17H12Cl3F3N2O3. The average molecular weight is 456 g/mol. The van der Waals surface area contributed by atoms with Crippen LogP contribution in [0, 0.1) is 0 Å². The van der Waals surface area contributed by atoms with Crippen LogP contribution in [0.1, 0.15) is 0 Å². The van der Waals surface area contributed by atoms with E-state index in [0.717, 1.165) is 0 Å². The summed E-state index contributed by atoms with van der Waals surface area (Å²) in [6.45, 7) is 0. The quantitative estimate of drug-likeness (QED) is 0.374. The Balaban J connectivity index is 2.08. The molecule has 1 aliphatic rings. The van der Waals surface area contributed by atoms with Gasteiger partial charge in [-0.2, -0.15) is 18.2 Å². The number of nitrogens with zero attached hydrogens (tertiary/aromatic N) is 1. The van der Waals surface area contributed by atoms with E-state index < -0.39 is 21.7 Å². The molecular weight excluding hydrogens is 444 g/mol. The summed E-state index contributed by atoms with van der Waals surface area (Å²) in [5, 5.41) is 2.15. The van der Waals surface area contributed by atoms with Crippen molar-refractivity contribution in [1.82, 2.24) is 0 Å². The zero-order chi connectivity index (χ0) is 20.6.